The number of aliphatic carboxylic acids is 1. The molecular weight excluding hydrogens is 672 g/mol. The van der Waals surface area contributed by atoms with Gasteiger partial charge in [-0.05, 0) is 45.4 Å². The van der Waals surface area contributed by atoms with E-state index in [0.717, 1.165) is 70.6 Å². The van der Waals surface area contributed by atoms with E-state index in [1.807, 2.05) is 6.92 Å². The molecule has 15 heteroatoms. The second kappa shape index (κ2) is 24.9. The number of ether oxygens (including phenoxy) is 6. The number of rotatable bonds is 23. The zero-order valence-electron chi connectivity index (χ0n) is 30.4. The summed E-state index contributed by atoms with van der Waals surface area (Å²) >= 11 is 0. The van der Waals surface area contributed by atoms with Gasteiger partial charge in [0, 0.05) is 33.1 Å². The number of unbranched alkanes of at least 4 members (excludes halogenated alkanes) is 9. The van der Waals surface area contributed by atoms with Crippen molar-refractivity contribution in [3.8, 4) is 0 Å². The molecule has 0 aliphatic carbocycles. The van der Waals surface area contributed by atoms with Crippen LogP contribution >= 0.6 is 0 Å². The number of carbonyl (C=O) groups excluding carboxylic acids is 2. The van der Waals surface area contributed by atoms with Gasteiger partial charge in [0.2, 0.25) is 0 Å². The van der Waals surface area contributed by atoms with Crippen LogP contribution in [0, 0.1) is 0 Å². The van der Waals surface area contributed by atoms with E-state index in [-0.39, 0.29) is 32.0 Å². The minimum absolute atomic E-state index is 0.109. The van der Waals surface area contributed by atoms with Crippen molar-refractivity contribution in [1.82, 2.24) is 0 Å². The average Bonchev–Trinajstić information content (AvgIpc) is 3.24. The van der Waals surface area contributed by atoms with Crippen LogP contribution in [0.1, 0.15) is 117 Å². The van der Waals surface area contributed by atoms with Gasteiger partial charge in [-0.15, -0.1) is 0 Å². The maximum atomic E-state index is 11.5. The van der Waals surface area contributed by atoms with Crippen molar-refractivity contribution in [2.45, 2.75) is 185 Å². The third-order valence-electron chi connectivity index (χ3n) is 9.00. The molecule has 0 unspecified atom stereocenters. The predicted molar refractivity (Wildman–Crippen MR) is 182 cm³/mol. The molecule has 15 nitrogen and oxygen atoms in total. The lowest BCUT2D eigenvalue weighted by molar-refractivity contribution is -0.264. The predicted octanol–water partition coefficient (Wildman–Crippen LogP) is 2.65. The Kier molecular flexibility index (Phi) is 22.0. The summed E-state index contributed by atoms with van der Waals surface area (Å²) in [6.45, 7) is 3.47. The highest BCUT2D eigenvalue weighted by Crippen LogP contribution is 2.29. The van der Waals surface area contributed by atoms with Gasteiger partial charge in [-0.3, -0.25) is 14.4 Å². The first-order valence-electron chi connectivity index (χ1n) is 18.4. The molecule has 2 aliphatic rings. The normalized spacial score (nSPS) is 30.7. The van der Waals surface area contributed by atoms with Crippen LogP contribution in [-0.4, -0.2) is 129 Å². The van der Waals surface area contributed by atoms with Crippen LogP contribution in [-0.2, 0) is 42.8 Å². The van der Waals surface area contributed by atoms with E-state index >= 15 is 0 Å². The SMILES string of the molecule is CC(=O)OC[C@@H]1O[C@@H](O[C@H]2C[C@H](O[C@@H](C)CCCCCC/C=C\CCCCCCCC(=O)O)O[C@H](COC(C)=O)[C@@H](O)[C@@H]2O)[C@H](O)C[C@@H](O)[C@@H]1O. The summed E-state index contributed by atoms with van der Waals surface area (Å²) < 4.78 is 33.9. The first kappa shape index (κ1) is 44.9. The Morgan fingerprint density at radius 1 is 0.706 bits per heavy atom. The highest BCUT2D eigenvalue weighted by atomic mass is 16.7. The van der Waals surface area contributed by atoms with E-state index in [2.05, 4.69) is 12.2 Å². The van der Waals surface area contributed by atoms with Crippen molar-refractivity contribution >= 4 is 17.9 Å². The lowest BCUT2D eigenvalue weighted by Gasteiger charge is -2.32. The molecule has 6 N–H and O–H groups in total. The second-order valence-corrected chi connectivity index (χ2v) is 13.6. The largest absolute Gasteiger partial charge is 0.481 e. The van der Waals surface area contributed by atoms with Crippen molar-refractivity contribution in [2.75, 3.05) is 13.2 Å². The van der Waals surface area contributed by atoms with Crippen molar-refractivity contribution < 1.29 is 73.4 Å². The van der Waals surface area contributed by atoms with Crippen molar-refractivity contribution in [3.63, 3.8) is 0 Å². The maximum Gasteiger partial charge on any atom is 0.303 e. The summed E-state index contributed by atoms with van der Waals surface area (Å²) in [6.07, 6.45) is 2.06. The zero-order chi connectivity index (χ0) is 37.8. The van der Waals surface area contributed by atoms with Crippen LogP contribution in [0.15, 0.2) is 12.2 Å². The molecule has 2 rings (SSSR count). The number of hydrogen-bond donors (Lipinski definition) is 6. The standard InChI is InChI=1S/C36H62O15/c1-23(17-15-13-11-9-7-5-4-6-8-10-12-14-16-18-31(41)42)48-32-20-28(34(44)35(45)30(49-32)22-47-25(3)38)50-36-27(40)19-26(39)33(43)29(51-36)21-46-24(2)37/h4-5,23,26-30,32-36,39-40,43-45H,6-22H2,1-3H3,(H,41,42)/b5-4-/t23-,26+,27+,28-,29-,30+,32+,33-,34+,35+,36+/m0/s1. The highest BCUT2D eigenvalue weighted by molar-refractivity contribution is 5.66. The molecule has 51 heavy (non-hydrogen) atoms. The van der Waals surface area contributed by atoms with E-state index in [0.29, 0.717) is 6.42 Å². The van der Waals surface area contributed by atoms with Crippen LogP contribution in [0.3, 0.4) is 0 Å². The third kappa shape index (κ3) is 18.4. The van der Waals surface area contributed by atoms with E-state index in [4.69, 9.17) is 33.5 Å². The Hall–Kier alpha value is -2.21. The van der Waals surface area contributed by atoms with E-state index in [1.54, 1.807) is 0 Å². The first-order valence-corrected chi connectivity index (χ1v) is 18.4. The summed E-state index contributed by atoms with van der Waals surface area (Å²) in [5.41, 5.74) is 0. The number of carboxylic acid groups (broad SMARTS) is 1. The van der Waals surface area contributed by atoms with Gasteiger partial charge >= 0.3 is 17.9 Å². The van der Waals surface area contributed by atoms with E-state index in [1.165, 1.54) is 13.8 Å². The van der Waals surface area contributed by atoms with E-state index < -0.39 is 85.9 Å². The molecule has 0 aromatic carbocycles. The molecular formula is C36H62O15. The summed E-state index contributed by atoms with van der Waals surface area (Å²) in [5, 5.41) is 62.4. The zero-order valence-corrected chi connectivity index (χ0v) is 30.4. The summed E-state index contributed by atoms with van der Waals surface area (Å²) in [7, 11) is 0. The van der Waals surface area contributed by atoms with Crippen LogP contribution < -0.4 is 0 Å². The smallest absolute Gasteiger partial charge is 0.303 e. The van der Waals surface area contributed by atoms with Gasteiger partial charge in [-0.2, -0.15) is 0 Å². The Morgan fingerprint density at radius 3 is 1.84 bits per heavy atom. The summed E-state index contributed by atoms with van der Waals surface area (Å²) in [5.74, 6) is -1.98. The third-order valence-corrected chi connectivity index (χ3v) is 9.00. The van der Waals surface area contributed by atoms with Gasteiger partial charge < -0.3 is 59.1 Å². The Labute approximate surface area is 301 Å². The van der Waals surface area contributed by atoms with Crippen molar-refractivity contribution in [2.24, 2.45) is 0 Å². The number of aliphatic hydroxyl groups is 5. The Balaban J connectivity index is 1.87. The lowest BCUT2D eigenvalue weighted by Crippen LogP contribution is -2.48. The molecule has 2 saturated heterocycles. The topological polar surface area (TPSA) is 228 Å². The first-order chi connectivity index (χ1) is 24.3. The quantitative estimate of drug-likeness (QED) is 0.0504. The van der Waals surface area contributed by atoms with Crippen molar-refractivity contribution in [1.29, 1.82) is 0 Å². The van der Waals surface area contributed by atoms with Gasteiger partial charge in [0.15, 0.2) is 12.6 Å². The fourth-order valence-electron chi connectivity index (χ4n) is 6.06. The molecule has 0 bridgehead atoms. The van der Waals surface area contributed by atoms with Gasteiger partial charge in [-0.25, -0.2) is 0 Å². The molecule has 0 radical (unpaired) electrons. The van der Waals surface area contributed by atoms with Gasteiger partial charge in [0.1, 0.15) is 49.8 Å². The Bertz CT molecular complexity index is 1020. The molecule has 2 heterocycles. The minimum Gasteiger partial charge on any atom is -0.481 e. The fourth-order valence-corrected chi connectivity index (χ4v) is 6.06. The number of hydrogen-bond acceptors (Lipinski definition) is 14. The van der Waals surface area contributed by atoms with Crippen LogP contribution in [0.5, 0.6) is 0 Å². The number of esters is 2. The number of carbonyl (C=O) groups is 3. The molecule has 0 saturated carbocycles. The van der Waals surface area contributed by atoms with Crippen LogP contribution in [0.4, 0.5) is 0 Å². The molecule has 2 aliphatic heterocycles. The van der Waals surface area contributed by atoms with Gasteiger partial charge in [0.05, 0.1) is 18.3 Å². The lowest BCUT2D eigenvalue weighted by atomic mass is 10.0. The number of carboxylic acids is 1. The summed E-state index contributed by atoms with van der Waals surface area (Å²) in [6, 6.07) is 0. The molecule has 0 aromatic rings. The Morgan fingerprint density at radius 2 is 1.25 bits per heavy atom. The van der Waals surface area contributed by atoms with Gasteiger partial charge in [0.25, 0.3) is 0 Å². The average molecular weight is 735 g/mol. The second-order valence-electron chi connectivity index (χ2n) is 13.6. The maximum absolute atomic E-state index is 11.5. The van der Waals surface area contributed by atoms with Crippen LogP contribution in [0.25, 0.3) is 0 Å². The monoisotopic (exact) mass is 734 g/mol. The van der Waals surface area contributed by atoms with Crippen molar-refractivity contribution in [3.05, 3.63) is 12.2 Å². The molecule has 2 fully saturated rings. The molecule has 0 aromatic heterocycles. The molecule has 0 spiro atoms. The molecule has 11 atom stereocenters. The summed E-state index contributed by atoms with van der Waals surface area (Å²) in [4.78, 5) is 33.4. The highest BCUT2D eigenvalue weighted by Gasteiger charge is 2.45. The number of aliphatic hydroxyl groups excluding tert-OH is 5. The molecule has 296 valence electrons. The minimum atomic E-state index is -1.60. The van der Waals surface area contributed by atoms with E-state index in [9.17, 15) is 39.9 Å². The van der Waals surface area contributed by atoms with Gasteiger partial charge in [-0.1, -0.05) is 50.7 Å². The van der Waals surface area contributed by atoms with Crippen LogP contribution in [0.2, 0.25) is 0 Å². The number of allylic oxidation sites excluding steroid dienone is 2. The fraction of sp³-hybridized carbons (Fsp3) is 0.861. The molecule has 0 amide bonds.